The summed E-state index contributed by atoms with van der Waals surface area (Å²) >= 11 is 11.8. The van der Waals surface area contributed by atoms with Crippen molar-refractivity contribution in [2.75, 3.05) is 6.54 Å². The van der Waals surface area contributed by atoms with E-state index in [1.165, 1.54) is 12.1 Å². The molecule has 0 saturated carbocycles. The van der Waals surface area contributed by atoms with E-state index in [1.54, 1.807) is 6.92 Å². The largest absolute Gasteiger partial charge is 0.344 e. The normalized spacial score (nSPS) is 15.1. The Kier molecular flexibility index (Phi) is 4.57. The van der Waals surface area contributed by atoms with Gasteiger partial charge in [0.05, 0.1) is 11.1 Å². The number of carbonyl (C=O) groups is 1. The Hall–Kier alpha value is -1.63. The lowest BCUT2D eigenvalue weighted by Gasteiger charge is -2.17. The fraction of sp³-hybridized carbons (Fsp3) is 0.333. The van der Waals surface area contributed by atoms with Gasteiger partial charge in [-0.15, -0.1) is 0 Å². The Morgan fingerprint density at radius 2 is 2.17 bits per heavy atom. The number of nitrogens with zero attached hydrogens (tertiary/aromatic N) is 1. The van der Waals surface area contributed by atoms with Crippen molar-refractivity contribution in [2.45, 2.75) is 25.9 Å². The van der Waals surface area contributed by atoms with E-state index in [0.717, 1.165) is 24.2 Å². The molecule has 1 atom stereocenters. The van der Waals surface area contributed by atoms with Crippen LogP contribution >= 0.6 is 23.2 Å². The summed E-state index contributed by atoms with van der Waals surface area (Å²) < 4.78 is 13.6. The van der Waals surface area contributed by atoms with E-state index < -0.39 is 11.9 Å². The maximum Gasteiger partial charge on any atom is 0.272 e. The first-order chi connectivity index (χ1) is 11.0. The molecule has 1 aromatic heterocycles. The van der Waals surface area contributed by atoms with Gasteiger partial charge in [-0.25, -0.2) is 4.39 Å². The molecule has 2 heterocycles. The molecule has 0 radical (unpaired) electrons. The highest BCUT2D eigenvalue weighted by molar-refractivity contribution is 6.35. The fourth-order valence-electron chi connectivity index (χ4n) is 2.63. The van der Waals surface area contributed by atoms with Crippen LogP contribution in [0.2, 0.25) is 10.0 Å². The van der Waals surface area contributed by atoms with Crippen LogP contribution in [0.1, 0.15) is 40.3 Å². The van der Waals surface area contributed by atoms with Gasteiger partial charge in [0.15, 0.2) is 5.69 Å². The second-order valence-corrected chi connectivity index (χ2v) is 6.25. The van der Waals surface area contributed by atoms with Gasteiger partial charge in [0.2, 0.25) is 0 Å². The number of halogens is 3. The van der Waals surface area contributed by atoms with Crippen LogP contribution in [0.5, 0.6) is 0 Å². The third kappa shape index (κ3) is 3.20. The fourth-order valence-corrected chi connectivity index (χ4v) is 3.17. The van der Waals surface area contributed by atoms with Crippen molar-refractivity contribution in [3.63, 3.8) is 0 Å². The Morgan fingerprint density at radius 1 is 1.39 bits per heavy atom. The second kappa shape index (κ2) is 6.47. The van der Waals surface area contributed by atoms with Crippen molar-refractivity contribution in [3.05, 3.63) is 50.5 Å². The average Bonchev–Trinajstić information content (AvgIpc) is 2.94. The summed E-state index contributed by atoms with van der Waals surface area (Å²) in [7, 11) is 0. The van der Waals surface area contributed by atoms with E-state index >= 15 is 0 Å². The molecular formula is C15H15Cl2FN4O. The third-order valence-electron chi connectivity index (χ3n) is 3.88. The average molecular weight is 357 g/mol. The molecule has 1 aliphatic rings. The minimum Gasteiger partial charge on any atom is -0.344 e. The second-order valence-electron chi connectivity index (χ2n) is 5.44. The van der Waals surface area contributed by atoms with Crippen LogP contribution in [0.15, 0.2) is 12.1 Å². The Bertz CT molecular complexity index is 762. The Labute approximate surface area is 142 Å². The predicted octanol–water partition coefficient (Wildman–Crippen LogP) is 2.99. The molecule has 0 aliphatic carbocycles. The van der Waals surface area contributed by atoms with E-state index in [9.17, 15) is 9.18 Å². The number of aromatic nitrogens is 2. The van der Waals surface area contributed by atoms with E-state index in [1.807, 2.05) is 0 Å². The van der Waals surface area contributed by atoms with Crippen LogP contribution in [0.25, 0.3) is 0 Å². The highest BCUT2D eigenvalue weighted by Gasteiger charge is 2.23. The number of carbonyl (C=O) groups excluding carboxylic acids is 1. The number of hydrogen-bond acceptors (Lipinski definition) is 3. The number of benzene rings is 1. The monoisotopic (exact) mass is 356 g/mol. The molecule has 122 valence electrons. The maximum atomic E-state index is 13.6. The van der Waals surface area contributed by atoms with Gasteiger partial charge in [-0.1, -0.05) is 23.2 Å². The van der Waals surface area contributed by atoms with Crippen LogP contribution in [0, 0.1) is 5.82 Å². The summed E-state index contributed by atoms with van der Waals surface area (Å²) in [6.07, 6.45) is 0.805. The molecule has 1 aliphatic heterocycles. The zero-order valence-electron chi connectivity index (χ0n) is 12.3. The zero-order valence-corrected chi connectivity index (χ0v) is 13.9. The molecule has 0 fully saturated rings. The molecule has 1 unspecified atom stereocenters. The van der Waals surface area contributed by atoms with E-state index in [-0.39, 0.29) is 10.9 Å². The summed E-state index contributed by atoms with van der Waals surface area (Å²) in [6, 6.07) is 2.08. The molecule has 5 nitrogen and oxygen atoms in total. The minimum absolute atomic E-state index is 0.0512. The van der Waals surface area contributed by atoms with Gasteiger partial charge in [0.25, 0.3) is 5.91 Å². The summed E-state index contributed by atoms with van der Waals surface area (Å²) in [6.45, 7) is 3.18. The van der Waals surface area contributed by atoms with Gasteiger partial charge in [0.1, 0.15) is 5.82 Å². The lowest BCUT2D eigenvalue weighted by Crippen LogP contribution is -2.30. The first-order valence-electron chi connectivity index (χ1n) is 7.19. The number of fused-ring (bicyclic) bond motifs is 1. The van der Waals surface area contributed by atoms with Crippen molar-refractivity contribution in [1.82, 2.24) is 20.8 Å². The molecule has 3 N–H and O–H groups in total. The summed E-state index contributed by atoms with van der Waals surface area (Å²) in [5.74, 6) is -0.904. The van der Waals surface area contributed by atoms with Crippen molar-refractivity contribution >= 4 is 29.1 Å². The van der Waals surface area contributed by atoms with Crippen molar-refractivity contribution in [3.8, 4) is 0 Å². The standard InChI is InChI=1S/C15H15Cl2FN4O/c1-7(8-4-12(18)11(17)5-10(8)16)20-15(23)14-9-6-19-3-2-13(9)21-22-14/h4-5,7,19H,2-3,6H2,1H3,(H,20,23)(H,21,22). The van der Waals surface area contributed by atoms with Gasteiger partial charge in [0, 0.05) is 35.8 Å². The topological polar surface area (TPSA) is 69.8 Å². The lowest BCUT2D eigenvalue weighted by molar-refractivity contribution is 0.0933. The van der Waals surface area contributed by atoms with Gasteiger partial charge in [-0.2, -0.15) is 5.10 Å². The maximum absolute atomic E-state index is 13.6. The number of H-pyrrole nitrogens is 1. The van der Waals surface area contributed by atoms with Crippen LogP contribution in [0.4, 0.5) is 4.39 Å². The zero-order chi connectivity index (χ0) is 16.6. The van der Waals surface area contributed by atoms with Gasteiger partial charge in [-0.05, 0) is 24.6 Å². The lowest BCUT2D eigenvalue weighted by atomic mass is 10.1. The molecule has 1 amide bonds. The SMILES string of the molecule is CC(NC(=O)c1n[nH]c2c1CNCC2)c1cc(F)c(Cl)cc1Cl. The quantitative estimate of drug-likeness (QED) is 0.740. The molecular weight excluding hydrogens is 342 g/mol. The number of hydrogen-bond donors (Lipinski definition) is 3. The smallest absolute Gasteiger partial charge is 0.272 e. The molecule has 0 saturated heterocycles. The first kappa shape index (κ1) is 16.2. The molecule has 23 heavy (non-hydrogen) atoms. The molecule has 3 rings (SSSR count). The third-order valence-corrected chi connectivity index (χ3v) is 4.49. The van der Waals surface area contributed by atoms with Gasteiger partial charge < -0.3 is 10.6 Å². The summed E-state index contributed by atoms with van der Waals surface area (Å²) in [5.41, 5.74) is 2.65. The molecule has 0 spiro atoms. The number of nitrogens with one attached hydrogen (secondary N) is 3. The van der Waals surface area contributed by atoms with Crippen molar-refractivity contribution < 1.29 is 9.18 Å². The van der Waals surface area contributed by atoms with Gasteiger partial charge in [-0.3, -0.25) is 9.89 Å². The van der Waals surface area contributed by atoms with Crippen molar-refractivity contribution in [2.24, 2.45) is 0 Å². The molecule has 1 aromatic carbocycles. The van der Waals surface area contributed by atoms with Crippen LogP contribution < -0.4 is 10.6 Å². The van der Waals surface area contributed by atoms with Crippen LogP contribution in [-0.4, -0.2) is 22.6 Å². The Morgan fingerprint density at radius 3 is 2.96 bits per heavy atom. The molecule has 2 aromatic rings. The number of amides is 1. The first-order valence-corrected chi connectivity index (χ1v) is 7.95. The number of aromatic amines is 1. The van der Waals surface area contributed by atoms with Crippen LogP contribution in [0.3, 0.4) is 0 Å². The minimum atomic E-state index is -0.575. The van der Waals surface area contributed by atoms with E-state index in [0.29, 0.717) is 22.8 Å². The summed E-state index contributed by atoms with van der Waals surface area (Å²) in [4.78, 5) is 12.4. The van der Waals surface area contributed by atoms with E-state index in [4.69, 9.17) is 23.2 Å². The predicted molar refractivity (Wildman–Crippen MR) is 86.3 cm³/mol. The van der Waals surface area contributed by atoms with Gasteiger partial charge >= 0.3 is 0 Å². The Balaban J connectivity index is 1.80. The van der Waals surface area contributed by atoms with Crippen LogP contribution in [-0.2, 0) is 13.0 Å². The highest BCUT2D eigenvalue weighted by Crippen LogP contribution is 2.29. The summed E-state index contributed by atoms with van der Waals surface area (Å²) in [5, 5.41) is 13.2. The molecule has 0 bridgehead atoms. The molecule has 8 heteroatoms. The number of rotatable bonds is 3. The van der Waals surface area contributed by atoms with Crippen molar-refractivity contribution in [1.29, 1.82) is 0 Å². The van der Waals surface area contributed by atoms with E-state index in [2.05, 4.69) is 20.8 Å². The highest BCUT2D eigenvalue weighted by atomic mass is 35.5.